The fraction of sp³-hybridized carbons (Fsp3) is 0.467. The van der Waals surface area contributed by atoms with Crippen molar-refractivity contribution >= 4 is 22.9 Å². The minimum atomic E-state index is -0.848. The summed E-state index contributed by atoms with van der Waals surface area (Å²) in [6.45, 7) is 4.44. The minimum Gasteiger partial charge on any atom is -0.481 e. The molecule has 2 aromatic rings. The van der Waals surface area contributed by atoms with E-state index in [2.05, 4.69) is 10.1 Å². The first kappa shape index (κ1) is 14.5. The van der Waals surface area contributed by atoms with E-state index in [-0.39, 0.29) is 18.4 Å². The van der Waals surface area contributed by atoms with Gasteiger partial charge in [-0.2, -0.15) is 5.10 Å². The van der Waals surface area contributed by atoms with Crippen molar-refractivity contribution in [3.63, 3.8) is 0 Å². The number of nitrogens with zero attached hydrogens (tertiary/aromatic N) is 4. The third-order valence-corrected chi connectivity index (χ3v) is 4.33. The highest BCUT2D eigenvalue weighted by atomic mass is 16.4. The first-order valence-corrected chi connectivity index (χ1v) is 7.20. The number of aryl methyl sites for hydroxylation is 2. The number of hydrogen-bond acceptors (Lipinski definition) is 4. The van der Waals surface area contributed by atoms with Crippen LogP contribution in [0.4, 0.5) is 0 Å². The normalized spacial score (nSPS) is 21.5. The molecular weight excluding hydrogens is 284 g/mol. The van der Waals surface area contributed by atoms with Gasteiger partial charge in [0.1, 0.15) is 0 Å². The molecule has 116 valence electrons. The van der Waals surface area contributed by atoms with Crippen molar-refractivity contribution in [1.82, 2.24) is 19.7 Å². The molecule has 22 heavy (non-hydrogen) atoms. The van der Waals surface area contributed by atoms with Crippen molar-refractivity contribution in [3.8, 4) is 0 Å². The van der Waals surface area contributed by atoms with Crippen molar-refractivity contribution in [1.29, 1.82) is 0 Å². The molecule has 0 unspecified atom stereocenters. The van der Waals surface area contributed by atoms with Gasteiger partial charge in [-0.05, 0) is 18.9 Å². The summed E-state index contributed by atoms with van der Waals surface area (Å²) in [7, 11) is 1.81. The zero-order valence-corrected chi connectivity index (χ0v) is 12.8. The predicted octanol–water partition coefficient (Wildman–Crippen LogP) is 1.07. The number of amides is 1. The van der Waals surface area contributed by atoms with Gasteiger partial charge < -0.3 is 10.0 Å². The van der Waals surface area contributed by atoms with Crippen LogP contribution in [-0.2, 0) is 11.8 Å². The zero-order chi connectivity index (χ0) is 16.0. The molecule has 2 atom stereocenters. The van der Waals surface area contributed by atoms with E-state index in [0.717, 1.165) is 16.7 Å². The second-order valence-electron chi connectivity index (χ2n) is 5.94. The molecule has 7 nitrogen and oxygen atoms in total. The van der Waals surface area contributed by atoms with Crippen molar-refractivity contribution in [3.05, 3.63) is 23.5 Å². The first-order valence-electron chi connectivity index (χ1n) is 7.20. The van der Waals surface area contributed by atoms with Gasteiger partial charge in [-0.3, -0.25) is 14.3 Å². The fourth-order valence-corrected chi connectivity index (χ4v) is 3.06. The molecule has 3 heterocycles. The van der Waals surface area contributed by atoms with Crippen molar-refractivity contribution in [2.24, 2.45) is 18.9 Å². The van der Waals surface area contributed by atoms with E-state index in [0.29, 0.717) is 12.1 Å². The van der Waals surface area contributed by atoms with Crippen molar-refractivity contribution in [2.75, 3.05) is 13.1 Å². The molecule has 0 bridgehead atoms. The Morgan fingerprint density at radius 1 is 1.36 bits per heavy atom. The topological polar surface area (TPSA) is 88.3 Å². The SMILES string of the molecule is Cc1nn(C)c2ncc(C(=O)N3C[C@@H](C)[C@H](C(=O)O)C3)cc12. The molecule has 0 aromatic carbocycles. The van der Waals surface area contributed by atoms with E-state index < -0.39 is 11.9 Å². The Balaban J connectivity index is 1.90. The van der Waals surface area contributed by atoms with Crippen molar-refractivity contribution in [2.45, 2.75) is 13.8 Å². The maximum absolute atomic E-state index is 12.6. The highest BCUT2D eigenvalue weighted by Crippen LogP contribution is 2.25. The van der Waals surface area contributed by atoms with Crippen LogP contribution in [0.3, 0.4) is 0 Å². The van der Waals surface area contributed by atoms with Gasteiger partial charge in [-0.25, -0.2) is 4.98 Å². The smallest absolute Gasteiger partial charge is 0.308 e. The average molecular weight is 302 g/mol. The average Bonchev–Trinajstić information content (AvgIpc) is 2.99. The molecule has 0 radical (unpaired) electrons. The summed E-state index contributed by atoms with van der Waals surface area (Å²) in [5.74, 6) is -1.56. The Hall–Kier alpha value is -2.44. The number of pyridine rings is 1. The van der Waals surface area contributed by atoms with Gasteiger partial charge >= 0.3 is 5.97 Å². The van der Waals surface area contributed by atoms with Crippen LogP contribution < -0.4 is 0 Å². The molecular formula is C15H18N4O3. The molecule has 1 aliphatic rings. The molecule has 0 saturated carbocycles. The van der Waals surface area contributed by atoms with E-state index >= 15 is 0 Å². The Bertz CT molecular complexity index is 767. The summed E-state index contributed by atoms with van der Waals surface area (Å²) in [6.07, 6.45) is 1.53. The summed E-state index contributed by atoms with van der Waals surface area (Å²) in [5.41, 5.74) is 2.02. The number of aromatic nitrogens is 3. The number of rotatable bonds is 2. The van der Waals surface area contributed by atoms with Gasteiger partial charge in [0.25, 0.3) is 5.91 Å². The molecule has 0 spiro atoms. The molecule has 7 heteroatoms. The van der Waals surface area contributed by atoms with Gasteiger partial charge in [-0.1, -0.05) is 6.92 Å². The standard InChI is InChI=1S/C15H18N4O3/c1-8-6-19(7-12(8)15(21)22)14(20)10-4-11-9(2)17-18(3)13(11)16-5-10/h4-5,8,12H,6-7H2,1-3H3,(H,21,22)/t8-,12-/m1/s1. The largest absolute Gasteiger partial charge is 0.481 e. The number of hydrogen-bond donors (Lipinski definition) is 1. The van der Waals surface area contributed by atoms with Gasteiger partial charge in [0.05, 0.1) is 17.2 Å². The Morgan fingerprint density at radius 2 is 2.09 bits per heavy atom. The van der Waals surface area contributed by atoms with E-state index in [1.165, 1.54) is 6.20 Å². The summed E-state index contributed by atoms with van der Waals surface area (Å²) < 4.78 is 1.68. The third kappa shape index (κ3) is 2.22. The number of carboxylic acids is 1. The highest BCUT2D eigenvalue weighted by molar-refractivity contribution is 5.97. The Morgan fingerprint density at radius 3 is 2.73 bits per heavy atom. The van der Waals surface area contributed by atoms with E-state index in [4.69, 9.17) is 0 Å². The minimum absolute atomic E-state index is 0.0433. The van der Waals surface area contributed by atoms with E-state index in [1.807, 2.05) is 20.9 Å². The molecule has 1 saturated heterocycles. The van der Waals surface area contributed by atoms with Crippen LogP contribution >= 0.6 is 0 Å². The number of carbonyl (C=O) groups is 2. The highest BCUT2D eigenvalue weighted by Gasteiger charge is 2.37. The number of carbonyl (C=O) groups excluding carboxylic acids is 1. The maximum Gasteiger partial charge on any atom is 0.308 e. The summed E-state index contributed by atoms with van der Waals surface area (Å²) in [4.78, 5) is 29.7. The summed E-state index contributed by atoms with van der Waals surface area (Å²) in [5, 5.41) is 14.3. The van der Waals surface area contributed by atoms with Crippen LogP contribution in [0.15, 0.2) is 12.3 Å². The van der Waals surface area contributed by atoms with Crippen LogP contribution in [-0.4, -0.2) is 49.7 Å². The third-order valence-electron chi connectivity index (χ3n) is 4.33. The molecule has 3 rings (SSSR count). The van der Waals surface area contributed by atoms with Crippen LogP contribution in [0, 0.1) is 18.8 Å². The Kier molecular flexibility index (Phi) is 3.35. The first-order chi connectivity index (χ1) is 10.4. The molecule has 1 fully saturated rings. The van der Waals surface area contributed by atoms with Crippen LogP contribution in [0.5, 0.6) is 0 Å². The quantitative estimate of drug-likeness (QED) is 0.896. The van der Waals surface area contributed by atoms with Gasteiger partial charge in [-0.15, -0.1) is 0 Å². The van der Waals surface area contributed by atoms with Crippen LogP contribution in [0.2, 0.25) is 0 Å². The second-order valence-corrected chi connectivity index (χ2v) is 5.94. The maximum atomic E-state index is 12.6. The second kappa shape index (κ2) is 5.08. The molecule has 1 amide bonds. The summed E-state index contributed by atoms with van der Waals surface area (Å²) >= 11 is 0. The number of fused-ring (bicyclic) bond motifs is 1. The molecule has 0 aliphatic carbocycles. The predicted molar refractivity (Wildman–Crippen MR) is 79.4 cm³/mol. The number of aliphatic carboxylic acids is 1. The number of likely N-dealkylation sites (tertiary alicyclic amines) is 1. The lowest BCUT2D eigenvalue weighted by atomic mass is 9.99. The van der Waals surface area contributed by atoms with Gasteiger partial charge in [0.15, 0.2) is 5.65 Å². The van der Waals surface area contributed by atoms with Crippen LogP contribution in [0.25, 0.3) is 11.0 Å². The molecule has 1 aliphatic heterocycles. The lowest BCUT2D eigenvalue weighted by Gasteiger charge is -2.15. The molecule has 2 aromatic heterocycles. The van der Waals surface area contributed by atoms with Gasteiger partial charge in [0.2, 0.25) is 0 Å². The fourth-order valence-electron chi connectivity index (χ4n) is 3.06. The van der Waals surface area contributed by atoms with Gasteiger partial charge in [0, 0.05) is 31.7 Å². The van der Waals surface area contributed by atoms with Crippen molar-refractivity contribution < 1.29 is 14.7 Å². The van der Waals surface area contributed by atoms with E-state index in [9.17, 15) is 14.7 Å². The lowest BCUT2D eigenvalue weighted by Crippen LogP contribution is -2.30. The van der Waals surface area contributed by atoms with Crippen LogP contribution in [0.1, 0.15) is 23.0 Å². The monoisotopic (exact) mass is 302 g/mol. The Labute approximate surface area is 127 Å². The summed E-state index contributed by atoms with van der Waals surface area (Å²) in [6, 6.07) is 1.78. The molecule has 1 N–H and O–H groups in total. The zero-order valence-electron chi connectivity index (χ0n) is 12.8. The number of carboxylic acid groups (broad SMARTS) is 1. The lowest BCUT2D eigenvalue weighted by molar-refractivity contribution is -0.142. The van der Waals surface area contributed by atoms with E-state index in [1.54, 1.807) is 15.6 Å².